The second kappa shape index (κ2) is 10.6. The molecule has 1 N–H and O–H groups in total. The standard InChI is InChI=1S/C29H30N2O4/c1-19(2)13-15-35-24-8-4-7-23(16-24)26-25(27(32)22-11-9-20(3)10-12-22)28(33)29(34)31(26)18-21-6-5-14-30-17-21/h4-12,14,16-17,19,26,32H,13,15,18H2,1-3H3/b27-25+. The number of Topliss-reactive ketones (excluding diaryl/α,β-unsaturated/α-hetero) is 1. The van der Waals surface area contributed by atoms with Gasteiger partial charge in [0.25, 0.3) is 11.7 Å². The second-order valence-electron chi connectivity index (χ2n) is 9.26. The van der Waals surface area contributed by atoms with Gasteiger partial charge in [0.1, 0.15) is 11.5 Å². The van der Waals surface area contributed by atoms with E-state index in [-0.39, 0.29) is 17.9 Å². The molecular weight excluding hydrogens is 440 g/mol. The Kier molecular flexibility index (Phi) is 7.30. The number of pyridine rings is 1. The molecule has 0 radical (unpaired) electrons. The quantitative estimate of drug-likeness (QED) is 0.270. The van der Waals surface area contributed by atoms with Gasteiger partial charge in [0.15, 0.2) is 0 Å². The highest BCUT2D eigenvalue weighted by Crippen LogP contribution is 2.41. The summed E-state index contributed by atoms with van der Waals surface area (Å²) >= 11 is 0. The highest BCUT2D eigenvalue weighted by Gasteiger charge is 2.46. The Balaban J connectivity index is 1.78. The van der Waals surface area contributed by atoms with E-state index in [0.29, 0.717) is 29.4 Å². The Bertz CT molecular complexity index is 1230. The van der Waals surface area contributed by atoms with Gasteiger partial charge >= 0.3 is 0 Å². The summed E-state index contributed by atoms with van der Waals surface area (Å²) in [6.07, 6.45) is 4.24. The maximum atomic E-state index is 13.2. The minimum atomic E-state index is -0.759. The fraction of sp³-hybridized carbons (Fsp3) is 0.276. The number of carbonyl (C=O) groups is 2. The van der Waals surface area contributed by atoms with Crippen LogP contribution in [0.5, 0.6) is 5.75 Å². The van der Waals surface area contributed by atoms with Crippen molar-refractivity contribution < 1.29 is 19.4 Å². The summed E-state index contributed by atoms with van der Waals surface area (Å²) in [7, 11) is 0. The summed E-state index contributed by atoms with van der Waals surface area (Å²) in [6, 6.07) is 17.5. The van der Waals surface area contributed by atoms with E-state index in [1.54, 1.807) is 30.6 Å². The SMILES string of the molecule is Cc1ccc(/C(O)=C2\C(=O)C(=O)N(Cc3cccnc3)C2c2cccc(OCCC(C)C)c2)cc1. The molecule has 4 rings (SSSR count). The van der Waals surface area contributed by atoms with E-state index in [4.69, 9.17) is 4.74 Å². The normalized spacial score (nSPS) is 17.3. The Hall–Kier alpha value is -3.93. The first-order valence-corrected chi connectivity index (χ1v) is 11.8. The van der Waals surface area contributed by atoms with E-state index < -0.39 is 17.7 Å². The average molecular weight is 471 g/mol. The van der Waals surface area contributed by atoms with Gasteiger partial charge in [0.2, 0.25) is 0 Å². The molecule has 1 fully saturated rings. The van der Waals surface area contributed by atoms with Crippen molar-refractivity contribution in [2.45, 2.75) is 39.8 Å². The predicted octanol–water partition coefficient (Wildman–Crippen LogP) is 5.44. The van der Waals surface area contributed by atoms with Gasteiger partial charge in [-0.15, -0.1) is 0 Å². The molecule has 35 heavy (non-hydrogen) atoms. The molecule has 0 bridgehead atoms. The van der Waals surface area contributed by atoms with Crippen molar-refractivity contribution >= 4 is 17.4 Å². The molecule has 0 aliphatic carbocycles. The molecule has 0 spiro atoms. The third-order valence-corrected chi connectivity index (χ3v) is 6.08. The number of hydrogen-bond donors (Lipinski definition) is 1. The Labute approximate surface area is 205 Å². The van der Waals surface area contributed by atoms with Gasteiger partial charge < -0.3 is 14.7 Å². The van der Waals surface area contributed by atoms with Crippen LogP contribution in [0.15, 0.2) is 78.6 Å². The largest absolute Gasteiger partial charge is 0.507 e. The minimum absolute atomic E-state index is 0.0714. The lowest BCUT2D eigenvalue weighted by Crippen LogP contribution is -2.29. The number of aromatic nitrogens is 1. The maximum absolute atomic E-state index is 13.2. The number of aryl methyl sites for hydroxylation is 1. The first kappa shape index (κ1) is 24.2. The smallest absolute Gasteiger partial charge is 0.295 e. The van der Waals surface area contributed by atoms with Crippen molar-refractivity contribution in [3.63, 3.8) is 0 Å². The van der Waals surface area contributed by atoms with Crippen LogP contribution >= 0.6 is 0 Å². The number of hydrogen-bond acceptors (Lipinski definition) is 5. The summed E-state index contributed by atoms with van der Waals surface area (Å²) in [4.78, 5) is 32.1. The van der Waals surface area contributed by atoms with Crippen molar-refractivity contribution in [3.8, 4) is 5.75 Å². The number of likely N-dealkylation sites (tertiary alicyclic amines) is 1. The van der Waals surface area contributed by atoms with E-state index in [2.05, 4.69) is 18.8 Å². The minimum Gasteiger partial charge on any atom is -0.507 e. The van der Waals surface area contributed by atoms with Gasteiger partial charge in [-0.3, -0.25) is 14.6 Å². The summed E-state index contributed by atoms with van der Waals surface area (Å²) in [5.74, 6) is -0.375. The first-order valence-electron chi connectivity index (χ1n) is 11.8. The van der Waals surface area contributed by atoms with E-state index in [0.717, 1.165) is 17.5 Å². The third kappa shape index (κ3) is 5.43. The maximum Gasteiger partial charge on any atom is 0.295 e. The van der Waals surface area contributed by atoms with Crippen molar-refractivity contribution in [3.05, 3.63) is 101 Å². The summed E-state index contributed by atoms with van der Waals surface area (Å²) < 4.78 is 5.94. The first-order chi connectivity index (χ1) is 16.8. The lowest BCUT2D eigenvalue weighted by Gasteiger charge is -2.25. The van der Waals surface area contributed by atoms with Crippen molar-refractivity contribution in [1.29, 1.82) is 0 Å². The van der Waals surface area contributed by atoms with Gasteiger partial charge in [-0.2, -0.15) is 0 Å². The van der Waals surface area contributed by atoms with Gasteiger partial charge in [-0.05, 0) is 48.6 Å². The molecule has 1 amide bonds. The fourth-order valence-electron chi connectivity index (χ4n) is 4.13. The highest BCUT2D eigenvalue weighted by atomic mass is 16.5. The molecule has 0 saturated carbocycles. The van der Waals surface area contributed by atoms with Gasteiger partial charge in [0.05, 0.1) is 18.2 Å². The number of nitrogens with zero attached hydrogens (tertiary/aromatic N) is 2. The van der Waals surface area contributed by atoms with E-state index in [1.165, 1.54) is 4.90 Å². The molecule has 1 aliphatic heterocycles. The van der Waals surface area contributed by atoms with E-state index >= 15 is 0 Å². The molecule has 1 unspecified atom stereocenters. The monoisotopic (exact) mass is 470 g/mol. The van der Waals surface area contributed by atoms with Crippen LogP contribution in [0.4, 0.5) is 0 Å². The topological polar surface area (TPSA) is 79.7 Å². The van der Waals surface area contributed by atoms with Crippen LogP contribution in [0, 0.1) is 12.8 Å². The Morgan fingerprint density at radius 1 is 1.09 bits per heavy atom. The zero-order chi connectivity index (χ0) is 24.9. The number of benzene rings is 2. The van der Waals surface area contributed by atoms with Crippen LogP contribution in [0.25, 0.3) is 5.76 Å². The van der Waals surface area contributed by atoms with Gasteiger partial charge in [-0.1, -0.05) is 61.9 Å². The van der Waals surface area contributed by atoms with Crippen LogP contribution in [0.2, 0.25) is 0 Å². The molecule has 2 heterocycles. The van der Waals surface area contributed by atoms with Crippen molar-refractivity contribution in [2.24, 2.45) is 5.92 Å². The zero-order valence-corrected chi connectivity index (χ0v) is 20.3. The Morgan fingerprint density at radius 3 is 2.54 bits per heavy atom. The molecular formula is C29H30N2O4. The molecule has 1 atom stereocenters. The van der Waals surface area contributed by atoms with Crippen molar-refractivity contribution in [2.75, 3.05) is 6.61 Å². The van der Waals surface area contributed by atoms with Gasteiger partial charge in [-0.25, -0.2) is 0 Å². The molecule has 1 aromatic heterocycles. The number of aliphatic hydroxyl groups excluding tert-OH is 1. The van der Waals surface area contributed by atoms with Crippen LogP contribution in [0.3, 0.4) is 0 Å². The molecule has 6 nitrogen and oxygen atoms in total. The molecule has 180 valence electrons. The number of rotatable bonds is 8. The third-order valence-electron chi connectivity index (χ3n) is 6.08. The number of ether oxygens (including phenoxy) is 1. The summed E-state index contributed by atoms with van der Waals surface area (Å²) in [5, 5.41) is 11.2. The summed E-state index contributed by atoms with van der Waals surface area (Å²) in [6.45, 7) is 6.97. The van der Waals surface area contributed by atoms with Crippen LogP contribution in [-0.4, -0.2) is 33.3 Å². The molecule has 3 aromatic rings. The number of carbonyl (C=O) groups excluding carboxylic acids is 2. The van der Waals surface area contributed by atoms with Crippen LogP contribution in [0.1, 0.15) is 48.6 Å². The molecule has 1 saturated heterocycles. The lowest BCUT2D eigenvalue weighted by atomic mass is 9.94. The number of amides is 1. The van der Waals surface area contributed by atoms with Crippen LogP contribution in [-0.2, 0) is 16.1 Å². The van der Waals surface area contributed by atoms with Crippen LogP contribution < -0.4 is 4.74 Å². The van der Waals surface area contributed by atoms with E-state index in [1.807, 2.05) is 49.4 Å². The van der Waals surface area contributed by atoms with E-state index in [9.17, 15) is 14.7 Å². The Morgan fingerprint density at radius 2 is 1.86 bits per heavy atom. The fourth-order valence-corrected chi connectivity index (χ4v) is 4.13. The molecule has 6 heteroatoms. The molecule has 2 aromatic carbocycles. The number of aliphatic hydroxyl groups is 1. The second-order valence-corrected chi connectivity index (χ2v) is 9.26. The summed E-state index contributed by atoms with van der Waals surface area (Å²) in [5.41, 5.74) is 3.08. The highest BCUT2D eigenvalue weighted by molar-refractivity contribution is 6.46. The lowest BCUT2D eigenvalue weighted by molar-refractivity contribution is -0.140. The zero-order valence-electron chi connectivity index (χ0n) is 20.3. The van der Waals surface area contributed by atoms with Gasteiger partial charge in [0, 0.05) is 24.5 Å². The number of ketones is 1. The average Bonchev–Trinajstić information content (AvgIpc) is 3.09. The molecule has 1 aliphatic rings. The van der Waals surface area contributed by atoms with Crippen molar-refractivity contribution in [1.82, 2.24) is 9.88 Å². The predicted molar refractivity (Wildman–Crippen MR) is 135 cm³/mol.